The molecule has 0 bridgehead atoms. The Morgan fingerprint density at radius 2 is 1.77 bits per heavy atom. The summed E-state index contributed by atoms with van der Waals surface area (Å²) >= 11 is 0. The van der Waals surface area contributed by atoms with Crippen molar-refractivity contribution in [2.45, 2.75) is 32.8 Å². The Balaban J connectivity index is 2.83. The maximum Gasteiger partial charge on any atom is 0.203 e. The third kappa shape index (κ3) is 7.33. The lowest BCUT2D eigenvalue weighted by molar-refractivity contribution is 0.175. The molecular weight excluding hydrogens is 332 g/mol. The summed E-state index contributed by atoms with van der Waals surface area (Å²) in [5.41, 5.74) is 2.85. The van der Waals surface area contributed by atoms with E-state index in [2.05, 4.69) is 6.58 Å². The Labute approximate surface area is 156 Å². The van der Waals surface area contributed by atoms with Gasteiger partial charge in [0.2, 0.25) is 5.75 Å². The molecule has 0 aromatic heterocycles. The largest absolute Gasteiger partial charge is 0.493 e. The summed E-state index contributed by atoms with van der Waals surface area (Å²) in [4.78, 5) is 0. The van der Waals surface area contributed by atoms with Gasteiger partial charge in [0.1, 0.15) is 6.61 Å². The highest BCUT2D eigenvalue weighted by molar-refractivity contribution is 5.62. The molecule has 0 radical (unpaired) electrons. The average Bonchev–Trinajstić information content (AvgIpc) is 2.59. The van der Waals surface area contributed by atoms with E-state index >= 15 is 0 Å². The molecule has 26 heavy (non-hydrogen) atoms. The SMILES string of the molecule is C=C(C)C[C@H](O)C/C(C)=C/COc1c(OC)cc(/C=C/CO)cc1OC. The Morgan fingerprint density at radius 3 is 2.27 bits per heavy atom. The zero-order valence-corrected chi connectivity index (χ0v) is 16.1. The molecule has 0 saturated heterocycles. The fraction of sp³-hybridized carbons (Fsp3) is 0.429. The highest BCUT2D eigenvalue weighted by atomic mass is 16.5. The lowest BCUT2D eigenvalue weighted by atomic mass is 10.0. The van der Waals surface area contributed by atoms with Gasteiger partial charge in [0.15, 0.2) is 11.5 Å². The molecule has 0 spiro atoms. The zero-order valence-electron chi connectivity index (χ0n) is 16.1. The molecule has 0 fully saturated rings. The minimum absolute atomic E-state index is 0.0375. The predicted octanol–water partition coefficient (Wildman–Crippen LogP) is 3.75. The molecule has 5 nitrogen and oxygen atoms in total. The first-order chi connectivity index (χ1) is 12.4. The monoisotopic (exact) mass is 362 g/mol. The molecule has 1 aromatic rings. The molecule has 1 rings (SSSR count). The Morgan fingerprint density at radius 1 is 1.15 bits per heavy atom. The second-order valence-electron chi connectivity index (χ2n) is 6.22. The van der Waals surface area contributed by atoms with Crippen LogP contribution in [0.5, 0.6) is 17.2 Å². The Kier molecular flexibility index (Phi) is 9.55. The summed E-state index contributed by atoms with van der Waals surface area (Å²) in [6.45, 7) is 7.98. The fourth-order valence-electron chi connectivity index (χ4n) is 2.52. The van der Waals surface area contributed by atoms with Crippen molar-refractivity contribution in [2.24, 2.45) is 0 Å². The minimum Gasteiger partial charge on any atom is -0.493 e. The summed E-state index contributed by atoms with van der Waals surface area (Å²) in [6.07, 6.45) is 6.09. The van der Waals surface area contributed by atoms with Gasteiger partial charge >= 0.3 is 0 Å². The van der Waals surface area contributed by atoms with Crippen molar-refractivity contribution in [1.29, 1.82) is 0 Å². The van der Waals surface area contributed by atoms with Crippen LogP contribution in [0.2, 0.25) is 0 Å². The van der Waals surface area contributed by atoms with Crippen molar-refractivity contribution >= 4 is 6.08 Å². The van der Waals surface area contributed by atoms with Crippen molar-refractivity contribution in [2.75, 3.05) is 27.4 Å². The van der Waals surface area contributed by atoms with Crippen molar-refractivity contribution in [3.05, 3.63) is 47.6 Å². The lowest BCUT2D eigenvalue weighted by Gasteiger charge is -2.15. The minimum atomic E-state index is -0.426. The highest BCUT2D eigenvalue weighted by Gasteiger charge is 2.13. The number of benzene rings is 1. The maximum atomic E-state index is 9.97. The van der Waals surface area contributed by atoms with E-state index < -0.39 is 6.10 Å². The van der Waals surface area contributed by atoms with Crippen LogP contribution in [0, 0.1) is 0 Å². The quantitative estimate of drug-likeness (QED) is 0.587. The molecule has 0 unspecified atom stereocenters. The van der Waals surface area contributed by atoms with Crippen LogP contribution in [0.25, 0.3) is 6.08 Å². The molecule has 144 valence electrons. The first-order valence-electron chi connectivity index (χ1n) is 8.55. The van der Waals surface area contributed by atoms with Crippen LogP contribution in [0.4, 0.5) is 0 Å². The van der Waals surface area contributed by atoms with Crippen molar-refractivity contribution in [1.82, 2.24) is 0 Å². The van der Waals surface area contributed by atoms with E-state index in [1.807, 2.05) is 32.1 Å². The number of hydrogen-bond donors (Lipinski definition) is 2. The summed E-state index contributed by atoms with van der Waals surface area (Å²) in [5.74, 6) is 1.62. The second kappa shape index (κ2) is 11.4. The van der Waals surface area contributed by atoms with E-state index in [4.69, 9.17) is 19.3 Å². The molecule has 2 N–H and O–H groups in total. The smallest absolute Gasteiger partial charge is 0.203 e. The van der Waals surface area contributed by atoms with Gasteiger partial charge in [-0.25, -0.2) is 0 Å². The topological polar surface area (TPSA) is 68.2 Å². The van der Waals surface area contributed by atoms with Gasteiger partial charge in [-0.05, 0) is 50.5 Å². The summed E-state index contributed by atoms with van der Waals surface area (Å²) in [7, 11) is 3.13. The number of hydrogen-bond acceptors (Lipinski definition) is 5. The third-order valence-corrected chi connectivity index (χ3v) is 3.70. The van der Waals surface area contributed by atoms with Gasteiger partial charge in [-0.3, -0.25) is 0 Å². The van der Waals surface area contributed by atoms with Crippen LogP contribution < -0.4 is 14.2 Å². The van der Waals surface area contributed by atoms with Gasteiger partial charge < -0.3 is 24.4 Å². The van der Waals surface area contributed by atoms with Crippen LogP contribution in [0.3, 0.4) is 0 Å². The first kappa shape index (κ1) is 21.8. The van der Waals surface area contributed by atoms with Gasteiger partial charge in [0, 0.05) is 0 Å². The molecule has 5 heteroatoms. The molecule has 1 atom stereocenters. The second-order valence-corrected chi connectivity index (χ2v) is 6.22. The number of aliphatic hydroxyl groups excluding tert-OH is 2. The lowest BCUT2D eigenvalue weighted by Crippen LogP contribution is -2.08. The first-order valence-corrected chi connectivity index (χ1v) is 8.55. The number of rotatable bonds is 11. The molecular formula is C21H30O5. The van der Waals surface area contributed by atoms with E-state index in [0.29, 0.717) is 36.7 Å². The van der Waals surface area contributed by atoms with Crippen molar-refractivity contribution in [3.63, 3.8) is 0 Å². The summed E-state index contributed by atoms with van der Waals surface area (Å²) in [6, 6.07) is 3.63. The van der Waals surface area contributed by atoms with Crippen LogP contribution in [-0.4, -0.2) is 43.8 Å². The van der Waals surface area contributed by atoms with Crippen LogP contribution in [0.1, 0.15) is 32.3 Å². The van der Waals surface area contributed by atoms with E-state index in [0.717, 1.165) is 16.7 Å². The van der Waals surface area contributed by atoms with Crippen molar-refractivity contribution < 1.29 is 24.4 Å². The average molecular weight is 362 g/mol. The third-order valence-electron chi connectivity index (χ3n) is 3.70. The normalized spacial score (nSPS) is 12.9. The van der Waals surface area contributed by atoms with E-state index in [1.54, 1.807) is 26.4 Å². The predicted molar refractivity (Wildman–Crippen MR) is 105 cm³/mol. The Bertz CT molecular complexity index is 621. The maximum absolute atomic E-state index is 9.97. The van der Waals surface area contributed by atoms with E-state index in [-0.39, 0.29) is 6.61 Å². The van der Waals surface area contributed by atoms with Gasteiger partial charge in [-0.1, -0.05) is 23.3 Å². The number of ether oxygens (including phenoxy) is 3. The highest BCUT2D eigenvalue weighted by Crippen LogP contribution is 2.39. The summed E-state index contributed by atoms with van der Waals surface area (Å²) in [5, 5.41) is 18.9. The van der Waals surface area contributed by atoms with E-state index in [9.17, 15) is 5.11 Å². The van der Waals surface area contributed by atoms with Gasteiger partial charge in [0.05, 0.1) is 26.9 Å². The molecule has 0 saturated carbocycles. The van der Waals surface area contributed by atoms with Gasteiger partial charge in [-0.2, -0.15) is 0 Å². The van der Waals surface area contributed by atoms with Crippen molar-refractivity contribution in [3.8, 4) is 17.2 Å². The number of methoxy groups -OCH3 is 2. The molecule has 0 aliphatic carbocycles. The fourth-order valence-corrected chi connectivity index (χ4v) is 2.52. The number of aliphatic hydroxyl groups is 2. The molecule has 0 amide bonds. The van der Waals surface area contributed by atoms with Gasteiger partial charge in [-0.15, -0.1) is 6.58 Å². The van der Waals surface area contributed by atoms with Crippen LogP contribution in [-0.2, 0) is 0 Å². The molecule has 0 heterocycles. The standard InChI is InChI=1S/C21H30O5/c1-15(2)11-18(23)12-16(3)8-10-26-21-19(24-4)13-17(7-6-9-22)14-20(21)25-5/h6-8,13-14,18,22-23H,1,9-12H2,2-5H3/b7-6+,16-8+/t18-/m0/s1. The zero-order chi connectivity index (χ0) is 19.5. The molecule has 0 aliphatic heterocycles. The van der Waals surface area contributed by atoms with Crippen LogP contribution in [0.15, 0.2) is 42.0 Å². The Hall–Kier alpha value is -2.24. The van der Waals surface area contributed by atoms with Crippen LogP contribution >= 0.6 is 0 Å². The summed E-state index contributed by atoms with van der Waals surface area (Å²) < 4.78 is 16.6. The molecule has 0 aliphatic rings. The molecule has 1 aromatic carbocycles. The van der Waals surface area contributed by atoms with Gasteiger partial charge in [0.25, 0.3) is 0 Å². The van der Waals surface area contributed by atoms with E-state index in [1.165, 1.54) is 0 Å².